The van der Waals surface area contributed by atoms with E-state index in [1.807, 2.05) is 0 Å². The Bertz CT molecular complexity index is 767. The number of hydrogen-bond donors (Lipinski definition) is 2. The molecule has 1 heterocycles. The predicted molar refractivity (Wildman–Crippen MR) is 128 cm³/mol. The molecule has 0 atom stereocenters. The maximum Gasteiger partial charge on any atom is 0.416 e. The van der Waals surface area contributed by atoms with Gasteiger partial charge in [0.1, 0.15) is 5.75 Å². The van der Waals surface area contributed by atoms with Crippen LogP contribution in [0.3, 0.4) is 0 Å². The first-order valence-corrected chi connectivity index (χ1v) is 10.4. The molecule has 1 aliphatic rings. The molecular formula is C21H32F3IN4O3. The highest BCUT2D eigenvalue weighted by atomic mass is 127. The van der Waals surface area contributed by atoms with Gasteiger partial charge in [-0.25, -0.2) is 4.79 Å². The number of carbonyl (C=O) groups is 1. The van der Waals surface area contributed by atoms with Crippen molar-refractivity contribution in [2.24, 2.45) is 4.99 Å². The van der Waals surface area contributed by atoms with Crippen LogP contribution in [0.5, 0.6) is 5.75 Å². The Balaban J connectivity index is 0.00000512. The van der Waals surface area contributed by atoms with Gasteiger partial charge >= 0.3 is 12.3 Å². The summed E-state index contributed by atoms with van der Waals surface area (Å²) in [5.74, 6) is 0.590. The van der Waals surface area contributed by atoms with E-state index in [-0.39, 0.29) is 60.1 Å². The minimum Gasteiger partial charge on any atom is -0.491 e. The standard InChI is InChI=1S/C21H31F3N4O3.HI/c1-5-30-20(29)28-10-8-16(9-11-28)27-19(25-4)26-13-15-6-7-17(31-14(2)3)12-18(15)21(22,23)24;/h6-7,12,14,16H,5,8-11,13H2,1-4H3,(H2,25,26,27);1H. The monoisotopic (exact) mass is 572 g/mol. The van der Waals surface area contributed by atoms with E-state index in [1.54, 1.807) is 32.7 Å². The molecule has 0 unspecified atom stereocenters. The molecule has 0 radical (unpaired) electrons. The Hall–Kier alpha value is -1.92. The normalized spacial score (nSPS) is 15.2. The molecule has 7 nitrogen and oxygen atoms in total. The highest BCUT2D eigenvalue weighted by Gasteiger charge is 2.34. The molecular weight excluding hydrogens is 540 g/mol. The molecule has 2 N–H and O–H groups in total. The number of aliphatic imine (C=N–C) groups is 1. The average Bonchev–Trinajstić information content (AvgIpc) is 2.71. The van der Waals surface area contributed by atoms with E-state index in [9.17, 15) is 18.0 Å². The Labute approximate surface area is 204 Å². The lowest BCUT2D eigenvalue weighted by Gasteiger charge is -2.32. The minimum absolute atomic E-state index is 0. The summed E-state index contributed by atoms with van der Waals surface area (Å²) in [7, 11) is 1.56. The van der Waals surface area contributed by atoms with Gasteiger partial charge in [-0.05, 0) is 51.3 Å². The van der Waals surface area contributed by atoms with Gasteiger partial charge in [-0.3, -0.25) is 4.99 Å². The SMILES string of the molecule is CCOC(=O)N1CCC(NC(=NC)NCc2ccc(OC(C)C)cc2C(F)(F)F)CC1.I. The highest BCUT2D eigenvalue weighted by molar-refractivity contribution is 14.0. The minimum atomic E-state index is -4.50. The van der Waals surface area contributed by atoms with Crippen molar-refractivity contribution < 1.29 is 27.4 Å². The van der Waals surface area contributed by atoms with Crippen LogP contribution in [0.25, 0.3) is 0 Å². The van der Waals surface area contributed by atoms with Gasteiger partial charge < -0.3 is 25.0 Å². The number of amides is 1. The first-order chi connectivity index (χ1) is 14.6. The van der Waals surface area contributed by atoms with E-state index < -0.39 is 11.7 Å². The summed E-state index contributed by atoms with van der Waals surface area (Å²) in [5.41, 5.74) is -0.639. The quantitative estimate of drug-likeness (QED) is 0.301. The molecule has 0 spiro atoms. The number of ether oxygens (including phenoxy) is 2. The number of guanidine groups is 1. The van der Waals surface area contributed by atoms with Crippen LogP contribution in [0.1, 0.15) is 44.7 Å². The zero-order valence-corrected chi connectivity index (χ0v) is 21.1. The van der Waals surface area contributed by atoms with Crippen LogP contribution >= 0.6 is 24.0 Å². The number of halogens is 4. The number of nitrogens with zero attached hydrogens (tertiary/aromatic N) is 2. The van der Waals surface area contributed by atoms with Gasteiger partial charge in [0.15, 0.2) is 5.96 Å². The van der Waals surface area contributed by atoms with Crippen LogP contribution in [-0.2, 0) is 17.5 Å². The van der Waals surface area contributed by atoms with Crippen molar-refractivity contribution in [1.82, 2.24) is 15.5 Å². The number of piperidine rings is 1. The maximum absolute atomic E-state index is 13.5. The Morgan fingerprint density at radius 2 is 1.94 bits per heavy atom. The summed E-state index contributed by atoms with van der Waals surface area (Å²) in [5, 5.41) is 6.17. The Morgan fingerprint density at radius 3 is 2.47 bits per heavy atom. The molecule has 0 bridgehead atoms. The maximum atomic E-state index is 13.5. The molecule has 1 fully saturated rings. The van der Waals surface area contributed by atoms with Crippen molar-refractivity contribution in [2.75, 3.05) is 26.7 Å². The second-order valence-corrected chi connectivity index (χ2v) is 7.51. The summed E-state index contributed by atoms with van der Waals surface area (Å²) < 4.78 is 51.0. The number of hydrogen-bond acceptors (Lipinski definition) is 4. The van der Waals surface area contributed by atoms with Gasteiger partial charge in [0.25, 0.3) is 0 Å². The molecule has 0 aromatic heterocycles. The fourth-order valence-corrected chi connectivity index (χ4v) is 3.31. The second-order valence-electron chi connectivity index (χ2n) is 7.51. The summed E-state index contributed by atoms with van der Waals surface area (Å²) in [6.45, 7) is 6.66. The summed E-state index contributed by atoms with van der Waals surface area (Å²) in [6, 6.07) is 4.03. The molecule has 182 valence electrons. The van der Waals surface area contributed by atoms with E-state index in [0.29, 0.717) is 38.5 Å². The fourth-order valence-electron chi connectivity index (χ4n) is 3.31. The third-order valence-corrected chi connectivity index (χ3v) is 4.79. The van der Waals surface area contributed by atoms with Gasteiger partial charge in [0.05, 0.1) is 18.3 Å². The van der Waals surface area contributed by atoms with E-state index in [1.165, 1.54) is 12.1 Å². The summed E-state index contributed by atoms with van der Waals surface area (Å²) in [4.78, 5) is 17.5. The van der Waals surface area contributed by atoms with E-state index in [2.05, 4.69) is 15.6 Å². The third kappa shape index (κ3) is 8.55. The molecule has 11 heteroatoms. The van der Waals surface area contributed by atoms with Crippen LogP contribution in [0.2, 0.25) is 0 Å². The molecule has 1 aromatic rings. The zero-order chi connectivity index (χ0) is 23.0. The van der Waals surface area contributed by atoms with Crippen molar-refractivity contribution in [3.8, 4) is 5.75 Å². The molecule has 32 heavy (non-hydrogen) atoms. The van der Waals surface area contributed by atoms with Crippen molar-refractivity contribution >= 4 is 36.0 Å². The van der Waals surface area contributed by atoms with E-state index in [4.69, 9.17) is 9.47 Å². The average molecular weight is 572 g/mol. The van der Waals surface area contributed by atoms with Gasteiger partial charge in [-0.1, -0.05) is 6.07 Å². The van der Waals surface area contributed by atoms with Crippen molar-refractivity contribution in [3.05, 3.63) is 29.3 Å². The van der Waals surface area contributed by atoms with Gasteiger partial charge in [-0.15, -0.1) is 24.0 Å². The lowest BCUT2D eigenvalue weighted by molar-refractivity contribution is -0.138. The fraction of sp³-hybridized carbons (Fsp3) is 0.619. The van der Waals surface area contributed by atoms with Crippen molar-refractivity contribution in [3.63, 3.8) is 0 Å². The molecule has 1 amide bonds. The molecule has 0 aliphatic carbocycles. The van der Waals surface area contributed by atoms with Gasteiger partial charge in [0.2, 0.25) is 0 Å². The highest BCUT2D eigenvalue weighted by Crippen LogP contribution is 2.34. The number of benzene rings is 1. The lowest BCUT2D eigenvalue weighted by atomic mass is 10.1. The van der Waals surface area contributed by atoms with Gasteiger partial charge in [0, 0.05) is 32.7 Å². The largest absolute Gasteiger partial charge is 0.491 e. The van der Waals surface area contributed by atoms with E-state index in [0.717, 1.165) is 6.07 Å². The molecule has 0 saturated carbocycles. The van der Waals surface area contributed by atoms with Crippen LogP contribution in [0.4, 0.5) is 18.0 Å². The van der Waals surface area contributed by atoms with Crippen LogP contribution in [0, 0.1) is 0 Å². The molecule has 2 rings (SSSR count). The number of rotatable bonds is 6. The number of likely N-dealkylation sites (tertiary alicyclic amines) is 1. The predicted octanol–water partition coefficient (Wildman–Crippen LogP) is 4.40. The molecule has 1 saturated heterocycles. The third-order valence-electron chi connectivity index (χ3n) is 4.79. The molecule has 1 aliphatic heterocycles. The van der Waals surface area contributed by atoms with E-state index >= 15 is 0 Å². The second kappa shape index (κ2) is 12.9. The van der Waals surface area contributed by atoms with Crippen LogP contribution in [-0.4, -0.2) is 55.8 Å². The summed E-state index contributed by atoms with van der Waals surface area (Å²) in [6.07, 6.45) is -3.66. The zero-order valence-electron chi connectivity index (χ0n) is 18.8. The Kier molecular flexibility index (Phi) is 11.4. The number of carbonyl (C=O) groups excluding carboxylic acids is 1. The van der Waals surface area contributed by atoms with Gasteiger partial charge in [-0.2, -0.15) is 13.2 Å². The topological polar surface area (TPSA) is 75.2 Å². The van der Waals surface area contributed by atoms with Crippen molar-refractivity contribution in [2.45, 2.75) is 58.5 Å². The smallest absolute Gasteiger partial charge is 0.416 e. The molecule has 1 aromatic carbocycles. The Morgan fingerprint density at radius 1 is 1.28 bits per heavy atom. The first kappa shape index (κ1) is 28.1. The van der Waals surface area contributed by atoms with Crippen molar-refractivity contribution in [1.29, 1.82) is 0 Å². The van der Waals surface area contributed by atoms with Crippen LogP contribution < -0.4 is 15.4 Å². The summed E-state index contributed by atoms with van der Waals surface area (Å²) >= 11 is 0. The number of nitrogens with one attached hydrogen (secondary N) is 2. The number of alkyl halides is 3. The van der Waals surface area contributed by atoms with Crippen LogP contribution in [0.15, 0.2) is 23.2 Å². The lowest BCUT2D eigenvalue weighted by Crippen LogP contribution is -2.49. The first-order valence-electron chi connectivity index (χ1n) is 10.4.